The van der Waals surface area contributed by atoms with Crippen LogP contribution in [0.2, 0.25) is 0 Å². The Morgan fingerprint density at radius 2 is 1.31 bits per heavy atom. The Bertz CT molecular complexity index is 1700. The molecule has 1 atom stereocenters. The number of benzene rings is 4. The number of hydrogen-bond acceptors (Lipinski definition) is 3. The van der Waals surface area contributed by atoms with Gasteiger partial charge in [-0.15, -0.1) is 0 Å². The van der Waals surface area contributed by atoms with E-state index in [0.29, 0.717) is 0 Å². The maximum atomic E-state index is 13.3. The SMILES string of the molecule is O=C(NC(Cc1ccc(C(F)(F)F)cc1)C(=O)O)C(=Cc1cccc(C(F)(F)F)c1)NC(=O)c1ccc(-c2ccccc2)cc1. The zero-order valence-corrected chi connectivity index (χ0v) is 23.1. The average Bonchev–Trinajstić information content (AvgIpc) is 3.00. The Labute approximate surface area is 253 Å². The summed E-state index contributed by atoms with van der Waals surface area (Å²) in [6, 6.07) is 21.4. The molecule has 0 aromatic heterocycles. The minimum absolute atomic E-state index is 0.0944. The Hall–Kier alpha value is -5.39. The zero-order chi connectivity index (χ0) is 32.8. The summed E-state index contributed by atoms with van der Waals surface area (Å²) in [4.78, 5) is 38.4. The molecule has 0 aliphatic heterocycles. The summed E-state index contributed by atoms with van der Waals surface area (Å²) in [6.07, 6.45) is -8.78. The third kappa shape index (κ3) is 8.82. The van der Waals surface area contributed by atoms with Crippen LogP contribution in [-0.4, -0.2) is 28.9 Å². The minimum atomic E-state index is -4.70. The van der Waals surface area contributed by atoms with E-state index in [9.17, 15) is 45.8 Å². The van der Waals surface area contributed by atoms with Crippen LogP contribution in [0.3, 0.4) is 0 Å². The first-order chi connectivity index (χ1) is 21.2. The summed E-state index contributed by atoms with van der Waals surface area (Å²) in [5, 5.41) is 14.3. The molecule has 12 heteroatoms. The second-order valence-corrected chi connectivity index (χ2v) is 9.84. The van der Waals surface area contributed by atoms with Crippen molar-refractivity contribution in [2.45, 2.75) is 24.8 Å². The van der Waals surface area contributed by atoms with Crippen molar-refractivity contribution in [1.82, 2.24) is 10.6 Å². The molecule has 0 aliphatic carbocycles. The lowest BCUT2D eigenvalue weighted by Crippen LogP contribution is -2.45. The van der Waals surface area contributed by atoms with Crippen molar-refractivity contribution in [2.75, 3.05) is 0 Å². The van der Waals surface area contributed by atoms with E-state index in [4.69, 9.17) is 0 Å². The lowest BCUT2D eigenvalue weighted by Gasteiger charge is -2.17. The number of carboxylic acids is 1. The largest absolute Gasteiger partial charge is 0.480 e. The van der Waals surface area contributed by atoms with Crippen LogP contribution >= 0.6 is 0 Å². The summed E-state index contributed by atoms with van der Waals surface area (Å²) in [5.41, 5.74) is -0.746. The van der Waals surface area contributed by atoms with Gasteiger partial charge in [0.15, 0.2) is 0 Å². The van der Waals surface area contributed by atoms with Gasteiger partial charge in [0.2, 0.25) is 0 Å². The Morgan fingerprint density at radius 3 is 1.89 bits per heavy atom. The van der Waals surface area contributed by atoms with Gasteiger partial charge < -0.3 is 15.7 Å². The van der Waals surface area contributed by atoms with Crippen LogP contribution < -0.4 is 10.6 Å². The fourth-order valence-corrected chi connectivity index (χ4v) is 4.27. The van der Waals surface area contributed by atoms with E-state index in [2.05, 4.69) is 10.6 Å². The van der Waals surface area contributed by atoms with Gasteiger partial charge >= 0.3 is 18.3 Å². The number of halogens is 6. The van der Waals surface area contributed by atoms with Gasteiger partial charge in [-0.25, -0.2) is 4.79 Å². The monoisotopic (exact) mass is 626 g/mol. The Morgan fingerprint density at radius 1 is 0.711 bits per heavy atom. The van der Waals surface area contributed by atoms with Crippen LogP contribution in [0.5, 0.6) is 0 Å². The molecule has 0 spiro atoms. The summed E-state index contributed by atoms with van der Waals surface area (Å²) in [5.74, 6) is -3.50. The highest BCUT2D eigenvalue weighted by atomic mass is 19.4. The predicted octanol–water partition coefficient (Wildman–Crippen LogP) is 6.97. The maximum Gasteiger partial charge on any atom is 0.416 e. The third-order valence-electron chi connectivity index (χ3n) is 6.60. The van der Waals surface area contributed by atoms with E-state index >= 15 is 0 Å². The highest BCUT2D eigenvalue weighted by Gasteiger charge is 2.31. The van der Waals surface area contributed by atoms with Gasteiger partial charge in [0.1, 0.15) is 11.7 Å². The van der Waals surface area contributed by atoms with Gasteiger partial charge in [-0.3, -0.25) is 9.59 Å². The first kappa shape index (κ1) is 32.5. The molecule has 45 heavy (non-hydrogen) atoms. The van der Waals surface area contributed by atoms with Gasteiger partial charge in [0, 0.05) is 12.0 Å². The molecular weight excluding hydrogens is 602 g/mol. The molecule has 0 bridgehead atoms. The number of nitrogens with one attached hydrogen (secondary N) is 2. The van der Waals surface area contributed by atoms with Crippen molar-refractivity contribution in [2.24, 2.45) is 0 Å². The molecule has 0 aliphatic rings. The number of carboxylic acid groups (broad SMARTS) is 1. The Kier molecular flexibility index (Phi) is 9.75. The second-order valence-electron chi connectivity index (χ2n) is 9.84. The number of aliphatic carboxylic acids is 1. The maximum absolute atomic E-state index is 13.3. The van der Waals surface area contributed by atoms with Crippen molar-refractivity contribution < 1.29 is 45.8 Å². The summed E-state index contributed by atoms with van der Waals surface area (Å²) < 4.78 is 78.7. The van der Waals surface area contributed by atoms with Crippen LogP contribution in [0.25, 0.3) is 17.2 Å². The van der Waals surface area contributed by atoms with Gasteiger partial charge in [0.25, 0.3) is 11.8 Å². The number of hydrogen-bond donors (Lipinski definition) is 3. The topological polar surface area (TPSA) is 95.5 Å². The molecule has 0 radical (unpaired) electrons. The quantitative estimate of drug-likeness (QED) is 0.138. The highest BCUT2D eigenvalue weighted by molar-refractivity contribution is 6.06. The molecule has 6 nitrogen and oxygen atoms in total. The predicted molar refractivity (Wildman–Crippen MR) is 153 cm³/mol. The Balaban J connectivity index is 1.61. The smallest absolute Gasteiger partial charge is 0.416 e. The first-order valence-corrected chi connectivity index (χ1v) is 13.3. The van der Waals surface area contributed by atoms with Gasteiger partial charge in [-0.2, -0.15) is 26.3 Å². The highest BCUT2D eigenvalue weighted by Crippen LogP contribution is 2.30. The lowest BCUT2D eigenvalue weighted by molar-refractivity contribution is -0.141. The van der Waals surface area contributed by atoms with E-state index < -0.39 is 59.4 Å². The fourth-order valence-electron chi connectivity index (χ4n) is 4.27. The molecule has 1 unspecified atom stereocenters. The van der Waals surface area contributed by atoms with Crippen molar-refractivity contribution in [1.29, 1.82) is 0 Å². The van der Waals surface area contributed by atoms with Gasteiger partial charge in [-0.05, 0) is 64.7 Å². The van der Waals surface area contributed by atoms with Crippen molar-refractivity contribution in [3.05, 3.63) is 137 Å². The van der Waals surface area contributed by atoms with Crippen molar-refractivity contribution in [3.8, 4) is 11.1 Å². The van der Waals surface area contributed by atoms with Gasteiger partial charge in [0.05, 0.1) is 11.1 Å². The molecule has 2 amide bonds. The number of amides is 2. The molecule has 232 valence electrons. The molecule has 4 rings (SSSR count). The molecular formula is C33H24F6N2O4. The standard InChI is InChI=1S/C33H24F6N2O4/c34-32(35,36)25-15-9-20(10-16-25)18-28(31(44)45)41-30(43)27(19-21-5-4-8-26(17-21)33(37,38)39)40-29(42)24-13-11-23(12-14-24)22-6-2-1-3-7-22/h1-17,19,28H,18H2,(H,40,42)(H,41,43)(H,44,45). The van der Waals surface area contributed by atoms with Crippen LogP contribution in [0.15, 0.2) is 109 Å². The molecule has 0 saturated carbocycles. The zero-order valence-electron chi connectivity index (χ0n) is 23.1. The number of carbonyl (C=O) groups excluding carboxylic acids is 2. The van der Waals surface area contributed by atoms with E-state index in [1.54, 1.807) is 12.1 Å². The summed E-state index contributed by atoms with van der Waals surface area (Å²) >= 11 is 0. The molecule has 0 fully saturated rings. The number of carbonyl (C=O) groups is 3. The number of rotatable bonds is 9. The summed E-state index contributed by atoms with van der Waals surface area (Å²) in [7, 11) is 0. The third-order valence-corrected chi connectivity index (χ3v) is 6.60. The number of alkyl halides is 6. The van der Waals surface area contributed by atoms with Crippen molar-refractivity contribution >= 4 is 23.9 Å². The molecule has 0 saturated heterocycles. The lowest BCUT2D eigenvalue weighted by atomic mass is 10.0. The normalized spacial score (nSPS) is 12.7. The van der Waals surface area contributed by atoms with Crippen LogP contribution in [0, 0.1) is 0 Å². The fraction of sp³-hybridized carbons (Fsp3) is 0.121. The van der Waals surface area contributed by atoms with Crippen molar-refractivity contribution in [3.63, 3.8) is 0 Å². The second kappa shape index (κ2) is 13.5. The average molecular weight is 627 g/mol. The van der Waals surface area contributed by atoms with E-state index in [-0.39, 0.29) is 16.7 Å². The van der Waals surface area contributed by atoms with E-state index in [1.165, 1.54) is 18.2 Å². The molecule has 4 aromatic carbocycles. The van der Waals surface area contributed by atoms with Crippen LogP contribution in [0.4, 0.5) is 26.3 Å². The van der Waals surface area contributed by atoms with Crippen LogP contribution in [0.1, 0.15) is 32.6 Å². The first-order valence-electron chi connectivity index (χ1n) is 13.3. The summed E-state index contributed by atoms with van der Waals surface area (Å²) in [6.45, 7) is 0. The van der Waals surface area contributed by atoms with Gasteiger partial charge in [-0.1, -0.05) is 66.7 Å². The van der Waals surface area contributed by atoms with E-state index in [0.717, 1.165) is 59.7 Å². The molecule has 3 N–H and O–H groups in total. The van der Waals surface area contributed by atoms with Crippen LogP contribution in [-0.2, 0) is 28.4 Å². The minimum Gasteiger partial charge on any atom is -0.480 e. The molecule has 0 heterocycles. The van der Waals surface area contributed by atoms with E-state index in [1.807, 2.05) is 30.3 Å². The molecule has 4 aromatic rings.